The topological polar surface area (TPSA) is 79.4 Å². The van der Waals surface area contributed by atoms with Gasteiger partial charge in [-0.15, -0.1) is 11.3 Å². The lowest BCUT2D eigenvalue weighted by Crippen LogP contribution is -2.41. The largest absolute Gasteiger partial charge is 0.379 e. The van der Waals surface area contributed by atoms with Crippen LogP contribution in [0, 0.1) is 17.8 Å². The van der Waals surface area contributed by atoms with E-state index in [1.165, 1.54) is 16.5 Å². The van der Waals surface area contributed by atoms with Crippen LogP contribution in [0.5, 0.6) is 0 Å². The zero-order valence-electron chi connectivity index (χ0n) is 18.6. The minimum atomic E-state index is -0.0160. The monoisotopic (exact) mass is 463 g/mol. The second kappa shape index (κ2) is 9.00. The van der Waals surface area contributed by atoms with Gasteiger partial charge in [0.15, 0.2) is 0 Å². The summed E-state index contributed by atoms with van der Waals surface area (Å²) >= 11 is 1.69. The van der Waals surface area contributed by atoms with Crippen molar-refractivity contribution in [2.45, 2.75) is 18.9 Å². The molecule has 3 atom stereocenters. The summed E-state index contributed by atoms with van der Waals surface area (Å²) in [7, 11) is 0. The first kappa shape index (κ1) is 21.0. The van der Waals surface area contributed by atoms with Crippen LogP contribution in [0.2, 0.25) is 0 Å². The molecule has 2 N–H and O–H groups in total. The fourth-order valence-electron chi connectivity index (χ4n) is 5.50. The molecule has 2 aromatic heterocycles. The number of hydrogen-bond donors (Lipinski definition) is 2. The number of benzene rings is 1. The lowest BCUT2D eigenvalue weighted by atomic mass is 10.1. The number of amides is 1. The second-order valence-corrected chi connectivity index (χ2v) is 10.2. The first-order chi connectivity index (χ1) is 16.3. The lowest BCUT2D eigenvalue weighted by Gasteiger charge is -2.22. The Morgan fingerprint density at radius 1 is 1.21 bits per heavy atom. The molecule has 6 rings (SSSR count). The van der Waals surface area contributed by atoms with Gasteiger partial charge in [0.2, 0.25) is 5.91 Å². The van der Waals surface area contributed by atoms with E-state index < -0.39 is 0 Å². The van der Waals surface area contributed by atoms with Crippen molar-refractivity contribution in [1.29, 1.82) is 0 Å². The van der Waals surface area contributed by atoms with Gasteiger partial charge in [0.1, 0.15) is 17.0 Å². The summed E-state index contributed by atoms with van der Waals surface area (Å²) in [6.45, 7) is 4.95. The average Bonchev–Trinajstić information content (AvgIpc) is 3.38. The molecule has 1 aromatic carbocycles. The third-order valence-corrected chi connectivity index (χ3v) is 8.22. The van der Waals surface area contributed by atoms with E-state index in [4.69, 9.17) is 9.72 Å². The fraction of sp³-hybridized carbons (Fsp3) is 0.480. The van der Waals surface area contributed by atoms with Crippen LogP contribution in [0.3, 0.4) is 0 Å². The maximum absolute atomic E-state index is 12.0. The van der Waals surface area contributed by atoms with Crippen molar-refractivity contribution in [2.24, 2.45) is 17.8 Å². The molecular formula is C25H29N5O2S. The van der Waals surface area contributed by atoms with Gasteiger partial charge in [0.05, 0.1) is 24.6 Å². The van der Waals surface area contributed by atoms with Crippen LogP contribution in [-0.4, -0.2) is 61.3 Å². The Morgan fingerprint density at radius 3 is 2.85 bits per heavy atom. The summed E-state index contributed by atoms with van der Waals surface area (Å²) in [6, 6.07) is 10.5. The third-order valence-electron chi connectivity index (χ3n) is 7.34. The van der Waals surface area contributed by atoms with Gasteiger partial charge >= 0.3 is 0 Å². The smallest absolute Gasteiger partial charge is 0.237 e. The van der Waals surface area contributed by atoms with Crippen molar-refractivity contribution in [1.82, 2.24) is 20.6 Å². The Labute approximate surface area is 197 Å². The van der Waals surface area contributed by atoms with Crippen LogP contribution in [0.1, 0.15) is 12.8 Å². The molecule has 2 aliphatic heterocycles. The maximum atomic E-state index is 12.0. The molecule has 7 nitrogen and oxygen atoms in total. The van der Waals surface area contributed by atoms with Gasteiger partial charge in [-0.2, -0.15) is 0 Å². The molecule has 4 heterocycles. The van der Waals surface area contributed by atoms with Gasteiger partial charge in [-0.25, -0.2) is 9.97 Å². The van der Waals surface area contributed by atoms with Gasteiger partial charge in [0.25, 0.3) is 0 Å². The van der Waals surface area contributed by atoms with Crippen LogP contribution >= 0.6 is 11.3 Å². The number of rotatable bonds is 8. The molecule has 3 fully saturated rings. The number of fused-ring (bicyclic) bond motifs is 2. The number of nitrogens with zero attached hydrogens (tertiary/aromatic N) is 3. The van der Waals surface area contributed by atoms with Crippen molar-refractivity contribution >= 4 is 33.3 Å². The van der Waals surface area contributed by atoms with Crippen LogP contribution in [0.4, 0.5) is 5.82 Å². The lowest BCUT2D eigenvalue weighted by molar-refractivity contribution is -0.123. The van der Waals surface area contributed by atoms with E-state index in [9.17, 15) is 4.79 Å². The Kier molecular flexibility index (Phi) is 5.73. The predicted octanol–water partition coefficient (Wildman–Crippen LogP) is 2.93. The number of carbonyl (C=O) groups is 1. The molecule has 33 heavy (non-hydrogen) atoms. The standard InChI is InChI=1S/C25H29N5O2S/c31-24(21-7-4-8-26-21)27-9-10-32-13-19-17-11-30(12-18(17)19)23-22-20(16-5-2-1-3-6-16)14-33-25(22)29-15-28-23/h1-3,5-6,14-15,17-19,21,26H,4,7-13H2,(H,27,31)/t17?,18?,19?,21-/m1/s1. The second-order valence-electron chi connectivity index (χ2n) is 9.30. The van der Waals surface area contributed by atoms with Gasteiger partial charge in [0, 0.05) is 30.6 Å². The molecule has 0 bridgehead atoms. The Morgan fingerprint density at radius 2 is 2.06 bits per heavy atom. The van der Waals surface area contributed by atoms with E-state index in [0.717, 1.165) is 49.7 Å². The summed E-state index contributed by atoms with van der Waals surface area (Å²) in [5.41, 5.74) is 2.44. The number of carbonyl (C=O) groups excluding carboxylic acids is 1. The van der Waals surface area contributed by atoms with Gasteiger partial charge in [-0.05, 0) is 42.7 Å². The number of thiophene rings is 1. The van der Waals surface area contributed by atoms with Crippen molar-refractivity contribution in [3.05, 3.63) is 42.0 Å². The van der Waals surface area contributed by atoms with E-state index in [2.05, 4.69) is 50.2 Å². The third kappa shape index (κ3) is 4.11. The first-order valence-electron chi connectivity index (χ1n) is 11.9. The van der Waals surface area contributed by atoms with Crippen LogP contribution < -0.4 is 15.5 Å². The summed E-state index contributed by atoms with van der Waals surface area (Å²) < 4.78 is 5.91. The normalized spacial score (nSPS) is 26.0. The minimum Gasteiger partial charge on any atom is -0.379 e. The molecule has 0 spiro atoms. The predicted molar refractivity (Wildman–Crippen MR) is 130 cm³/mol. The van der Waals surface area contributed by atoms with Crippen molar-refractivity contribution in [2.75, 3.05) is 44.3 Å². The molecule has 172 valence electrons. The molecule has 0 radical (unpaired) electrons. The van der Waals surface area contributed by atoms with Crippen molar-refractivity contribution < 1.29 is 9.53 Å². The summed E-state index contributed by atoms with van der Waals surface area (Å²) in [4.78, 5) is 24.7. The highest BCUT2D eigenvalue weighted by Crippen LogP contribution is 2.53. The molecule has 3 aromatic rings. The highest BCUT2D eigenvalue weighted by Gasteiger charge is 2.56. The average molecular weight is 464 g/mol. The van der Waals surface area contributed by atoms with Gasteiger partial charge in [-0.1, -0.05) is 30.3 Å². The quantitative estimate of drug-likeness (QED) is 0.500. The summed E-state index contributed by atoms with van der Waals surface area (Å²) in [5.74, 6) is 3.14. The SMILES string of the molecule is O=C(NCCOCC1C2CN(c3ncnc4scc(-c5ccccc5)c34)CC12)[C@H]1CCCN1. The number of piperidine rings is 1. The Hall–Kier alpha value is -2.55. The molecule has 2 saturated heterocycles. The zero-order chi connectivity index (χ0) is 22.2. The number of hydrogen-bond acceptors (Lipinski definition) is 7. The minimum absolute atomic E-state index is 0.0160. The Balaban J connectivity index is 1.02. The van der Waals surface area contributed by atoms with Gasteiger partial charge < -0.3 is 20.3 Å². The molecule has 3 aliphatic rings. The van der Waals surface area contributed by atoms with E-state index in [0.29, 0.717) is 30.9 Å². The molecular weight excluding hydrogens is 434 g/mol. The van der Waals surface area contributed by atoms with E-state index in [-0.39, 0.29) is 11.9 Å². The van der Waals surface area contributed by atoms with E-state index in [1.807, 2.05) is 6.07 Å². The first-order valence-corrected chi connectivity index (χ1v) is 12.8. The van der Waals surface area contributed by atoms with E-state index in [1.54, 1.807) is 17.7 Å². The summed E-state index contributed by atoms with van der Waals surface area (Å²) in [6.07, 6.45) is 3.71. The summed E-state index contributed by atoms with van der Waals surface area (Å²) in [5, 5.41) is 9.59. The number of anilines is 1. The zero-order valence-corrected chi connectivity index (χ0v) is 19.4. The van der Waals surface area contributed by atoms with Crippen molar-refractivity contribution in [3.8, 4) is 11.1 Å². The molecule has 2 unspecified atom stereocenters. The Bertz CT molecular complexity index is 1120. The fourth-order valence-corrected chi connectivity index (χ4v) is 6.41. The molecule has 1 saturated carbocycles. The number of ether oxygens (including phenoxy) is 1. The molecule has 1 amide bonds. The number of aromatic nitrogens is 2. The highest BCUT2D eigenvalue weighted by molar-refractivity contribution is 7.17. The maximum Gasteiger partial charge on any atom is 0.237 e. The van der Waals surface area contributed by atoms with Crippen LogP contribution in [0.15, 0.2) is 42.0 Å². The van der Waals surface area contributed by atoms with Crippen LogP contribution in [-0.2, 0) is 9.53 Å². The highest BCUT2D eigenvalue weighted by atomic mass is 32.1. The number of nitrogens with one attached hydrogen (secondary N) is 2. The van der Waals surface area contributed by atoms with Crippen molar-refractivity contribution in [3.63, 3.8) is 0 Å². The van der Waals surface area contributed by atoms with Crippen LogP contribution in [0.25, 0.3) is 21.3 Å². The van der Waals surface area contributed by atoms with Gasteiger partial charge in [-0.3, -0.25) is 4.79 Å². The molecule has 1 aliphatic carbocycles. The molecule has 8 heteroatoms. The van der Waals surface area contributed by atoms with E-state index >= 15 is 0 Å².